The second-order valence-corrected chi connectivity index (χ2v) is 11.7. The molecule has 1 fully saturated rings. The molecule has 1 amide bonds. The molecule has 0 aliphatic carbocycles. The molecule has 0 saturated carbocycles. The zero-order chi connectivity index (χ0) is 28.0. The van der Waals surface area contributed by atoms with E-state index >= 15 is 0 Å². The summed E-state index contributed by atoms with van der Waals surface area (Å²) in [6, 6.07) is 19.1. The minimum absolute atomic E-state index is 0.143. The van der Waals surface area contributed by atoms with E-state index in [-0.39, 0.29) is 11.3 Å². The van der Waals surface area contributed by atoms with Gasteiger partial charge in [-0.1, -0.05) is 64.2 Å². The van der Waals surface area contributed by atoms with Crippen molar-refractivity contribution in [1.29, 1.82) is 0 Å². The van der Waals surface area contributed by atoms with Crippen LogP contribution in [0.5, 0.6) is 5.75 Å². The molecule has 9 heteroatoms. The lowest BCUT2D eigenvalue weighted by Gasteiger charge is -2.40. The van der Waals surface area contributed by atoms with Gasteiger partial charge in [0.2, 0.25) is 0 Å². The summed E-state index contributed by atoms with van der Waals surface area (Å²) < 4.78 is 11.1. The number of aromatic nitrogens is 1. The van der Waals surface area contributed by atoms with E-state index < -0.39 is 0 Å². The minimum atomic E-state index is -0.191. The number of carbonyl (C=O) groups excluding carboxylic acids is 1. The predicted octanol–water partition coefficient (Wildman–Crippen LogP) is 7.81. The molecule has 2 aliphatic heterocycles. The van der Waals surface area contributed by atoms with Crippen LogP contribution in [0, 0.1) is 6.92 Å². The van der Waals surface area contributed by atoms with Crippen molar-refractivity contribution in [3.63, 3.8) is 0 Å². The molecule has 1 saturated heterocycles. The number of benzene rings is 3. The van der Waals surface area contributed by atoms with Gasteiger partial charge in [-0.3, -0.25) is 9.69 Å². The summed E-state index contributed by atoms with van der Waals surface area (Å²) in [5.41, 5.74) is 4.54. The molecule has 4 aromatic rings. The Bertz CT molecular complexity index is 1590. The molecule has 1 spiro atoms. The average molecular weight is 597 g/mol. The van der Waals surface area contributed by atoms with E-state index in [1.54, 1.807) is 20.1 Å². The summed E-state index contributed by atoms with van der Waals surface area (Å²) in [5.74, 6) is 1.10. The number of ether oxygens (including phenoxy) is 1. The standard InChI is InChI=1S/C31H28Cl3N3O3/c1-19-28(29(35-40-19)22-5-3-4-6-24(22)32)30(38)37-18-31(23-16-21(39-2)8-10-27(23)37)11-13-36(14-12-31)17-20-7-9-25(33)26(34)15-20/h3-10,15-16H,11-14,17-18H2,1-2H3. The zero-order valence-corrected chi connectivity index (χ0v) is 24.5. The fraction of sp³-hybridized carbons (Fsp3) is 0.290. The van der Waals surface area contributed by atoms with Crippen molar-refractivity contribution in [1.82, 2.24) is 10.1 Å². The van der Waals surface area contributed by atoms with Gasteiger partial charge in [-0.15, -0.1) is 0 Å². The lowest BCUT2D eigenvalue weighted by Crippen LogP contribution is -2.45. The summed E-state index contributed by atoms with van der Waals surface area (Å²) in [6.45, 7) is 4.90. The van der Waals surface area contributed by atoms with Crippen LogP contribution in [0.25, 0.3) is 11.3 Å². The van der Waals surface area contributed by atoms with Gasteiger partial charge in [0.1, 0.15) is 22.8 Å². The first-order valence-corrected chi connectivity index (χ1v) is 14.3. The SMILES string of the molecule is COc1ccc2c(c1)C1(CCN(Cc3ccc(Cl)c(Cl)c3)CC1)CN2C(=O)c1c(-c2ccccc2Cl)noc1C. The minimum Gasteiger partial charge on any atom is -0.497 e. The highest BCUT2D eigenvalue weighted by Gasteiger charge is 2.47. The Kier molecular flexibility index (Phi) is 7.30. The summed E-state index contributed by atoms with van der Waals surface area (Å²) in [5, 5.41) is 5.88. The fourth-order valence-corrected chi connectivity index (χ4v) is 6.56. The van der Waals surface area contributed by atoms with Crippen LogP contribution >= 0.6 is 34.8 Å². The van der Waals surface area contributed by atoms with E-state index in [2.05, 4.69) is 16.1 Å². The lowest BCUT2D eigenvalue weighted by atomic mass is 9.74. The third-order valence-electron chi connectivity index (χ3n) is 8.18. The Balaban J connectivity index is 1.30. The Morgan fingerprint density at radius 3 is 2.50 bits per heavy atom. The van der Waals surface area contributed by atoms with Gasteiger partial charge in [-0.05, 0) is 80.4 Å². The van der Waals surface area contributed by atoms with Crippen molar-refractivity contribution in [3.05, 3.63) is 98.2 Å². The van der Waals surface area contributed by atoms with Crippen molar-refractivity contribution in [3.8, 4) is 17.0 Å². The van der Waals surface area contributed by atoms with E-state index in [4.69, 9.17) is 44.1 Å². The maximum Gasteiger partial charge on any atom is 0.264 e. The summed E-state index contributed by atoms with van der Waals surface area (Å²) in [7, 11) is 1.67. The maximum absolute atomic E-state index is 14.3. The van der Waals surface area contributed by atoms with Crippen LogP contribution in [0.1, 0.15) is 40.1 Å². The van der Waals surface area contributed by atoms with E-state index in [1.807, 2.05) is 53.4 Å². The van der Waals surface area contributed by atoms with Crippen LogP contribution in [0.4, 0.5) is 5.69 Å². The third kappa shape index (κ3) is 4.77. The second-order valence-electron chi connectivity index (χ2n) is 10.5. The molecule has 0 bridgehead atoms. The van der Waals surface area contributed by atoms with Gasteiger partial charge in [0, 0.05) is 29.8 Å². The quantitative estimate of drug-likeness (QED) is 0.235. The largest absolute Gasteiger partial charge is 0.497 e. The number of fused-ring (bicyclic) bond motifs is 2. The number of piperidine rings is 1. The van der Waals surface area contributed by atoms with Crippen molar-refractivity contribution in [2.45, 2.75) is 31.7 Å². The average Bonchev–Trinajstić information content (AvgIpc) is 3.49. The van der Waals surface area contributed by atoms with Crippen LogP contribution in [-0.2, 0) is 12.0 Å². The molecule has 40 heavy (non-hydrogen) atoms. The second kappa shape index (κ2) is 10.7. The van der Waals surface area contributed by atoms with Gasteiger partial charge in [0.25, 0.3) is 5.91 Å². The highest BCUT2D eigenvalue weighted by Crippen LogP contribution is 2.49. The van der Waals surface area contributed by atoms with Crippen LogP contribution in [0.2, 0.25) is 15.1 Å². The van der Waals surface area contributed by atoms with E-state index in [0.717, 1.165) is 55.0 Å². The number of nitrogens with zero attached hydrogens (tertiary/aromatic N) is 3. The summed E-state index contributed by atoms with van der Waals surface area (Å²) in [6.07, 6.45) is 1.80. The van der Waals surface area contributed by atoms with Gasteiger partial charge < -0.3 is 14.2 Å². The molecule has 0 atom stereocenters. The molecular weight excluding hydrogens is 569 g/mol. The van der Waals surface area contributed by atoms with E-state index in [1.165, 1.54) is 0 Å². The number of aryl methyl sites for hydroxylation is 1. The maximum atomic E-state index is 14.3. The molecular formula is C31H28Cl3N3O3. The van der Waals surface area contributed by atoms with Crippen molar-refractivity contribution >= 4 is 46.4 Å². The Morgan fingerprint density at radius 1 is 1.00 bits per heavy atom. The number of amides is 1. The first-order chi connectivity index (χ1) is 19.3. The number of anilines is 1. The van der Waals surface area contributed by atoms with Gasteiger partial charge >= 0.3 is 0 Å². The summed E-state index contributed by atoms with van der Waals surface area (Å²) in [4.78, 5) is 18.6. The molecule has 2 aliphatic rings. The molecule has 3 aromatic carbocycles. The number of rotatable bonds is 5. The normalized spacial score (nSPS) is 16.4. The van der Waals surface area contributed by atoms with Crippen molar-refractivity contribution in [2.75, 3.05) is 31.6 Å². The first kappa shape index (κ1) is 27.2. The monoisotopic (exact) mass is 595 g/mol. The number of likely N-dealkylation sites (tertiary alicyclic amines) is 1. The van der Waals surface area contributed by atoms with Crippen molar-refractivity contribution in [2.24, 2.45) is 0 Å². The lowest BCUT2D eigenvalue weighted by molar-refractivity contribution is 0.0974. The molecule has 3 heterocycles. The van der Waals surface area contributed by atoms with Gasteiger partial charge in [0.05, 0.1) is 22.2 Å². The van der Waals surface area contributed by atoms with Crippen molar-refractivity contribution < 1.29 is 14.1 Å². The molecule has 0 radical (unpaired) electrons. The number of hydrogen-bond donors (Lipinski definition) is 0. The third-order valence-corrected chi connectivity index (χ3v) is 9.25. The highest BCUT2D eigenvalue weighted by atomic mass is 35.5. The number of hydrogen-bond acceptors (Lipinski definition) is 5. The Morgan fingerprint density at radius 2 is 1.77 bits per heavy atom. The zero-order valence-electron chi connectivity index (χ0n) is 22.2. The molecule has 206 valence electrons. The molecule has 1 aromatic heterocycles. The molecule has 6 nitrogen and oxygen atoms in total. The topological polar surface area (TPSA) is 58.8 Å². The molecule has 0 unspecified atom stereocenters. The Labute approximate surface area is 248 Å². The van der Waals surface area contributed by atoms with Gasteiger partial charge in [0.15, 0.2) is 0 Å². The Hall–Kier alpha value is -3.03. The predicted molar refractivity (Wildman–Crippen MR) is 159 cm³/mol. The fourth-order valence-electron chi connectivity index (χ4n) is 6.02. The van der Waals surface area contributed by atoms with Gasteiger partial charge in [-0.25, -0.2) is 0 Å². The molecule has 0 N–H and O–H groups in total. The number of halogens is 3. The highest BCUT2D eigenvalue weighted by molar-refractivity contribution is 6.42. The van der Waals surface area contributed by atoms with Crippen LogP contribution in [0.15, 0.2) is 65.2 Å². The van der Waals surface area contributed by atoms with E-state index in [0.29, 0.717) is 44.2 Å². The smallest absolute Gasteiger partial charge is 0.264 e. The van der Waals surface area contributed by atoms with Crippen LogP contribution in [-0.4, -0.2) is 42.7 Å². The van der Waals surface area contributed by atoms with E-state index in [9.17, 15) is 4.79 Å². The van der Waals surface area contributed by atoms with Crippen LogP contribution < -0.4 is 9.64 Å². The molecule has 6 rings (SSSR count). The van der Waals surface area contributed by atoms with Gasteiger partial charge in [-0.2, -0.15) is 0 Å². The summed E-state index contributed by atoms with van der Waals surface area (Å²) >= 11 is 18.9. The van der Waals surface area contributed by atoms with Crippen LogP contribution in [0.3, 0.4) is 0 Å². The first-order valence-electron chi connectivity index (χ1n) is 13.2. The number of methoxy groups -OCH3 is 1. The number of carbonyl (C=O) groups is 1.